The average Bonchev–Trinajstić information content (AvgIpc) is 3.98. The van der Waals surface area contributed by atoms with E-state index in [0.717, 1.165) is 70.6 Å². The van der Waals surface area contributed by atoms with Gasteiger partial charge < -0.3 is 49.3 Å². The Labute approximate surface area is 369 Å². The van der Waals surface area contributed by atoms with Crippen LogP contribution in [-0.4, -0.2) is 115 Å². The Morgan fingerprint density at radius 2 is 1.08 bits per heavy atom. The molecule has 0 aromatic heterocycles. The average molecular weight is 931 g/mol. The lowest BCUT2D eigenvalue weighted by molar-refractivity contribution is -0.216. The SMILES string of the molecule is CCCCCCCCCCCCCCCC(=O)OC[C@H](COP(=O)(O)O[C@H]1C(O)C(O)C(O)[C@@H](OP(=O)(O)O)C1O)OC(=O)CCCCCCC/C=C\CC1OC1CCCCC. The van der Waals surface area contributed by atoms with Crippen LogP contribution >= 0.6 is 15.6 Å². The Balaban J connectivity index is 1.80. The number of epoxide rings is 1. The summed E-state index contributed by atoms with van der Waals surface area (Å²) in [7, 11) is -10.7. The van der Waals surface area contributed by atoms with Gasteiger partial charge in [-0.3, -0.25) is 23.2 Å². The van der Waals surface area contributed by atoms with Crippen molar-refractivity contribution in [2.75, 3.05) is 13.2 Å². The van der Waals surface area contributed by atoms with Crippen molar-refractivity contribution in [1.29, 1.82) is 0 Å². The highest BCUT2D eigenvalue weighted by Gasteiger charge is 2.54. The molecule has 7 unspecified atom stereocenters. The van der Waals surface area contributed by atoms with Gasteiger partial charge in [0.15, 0.2) is 6.10 Å². The third-order valence-electron chi connectivity index (χ3n) is 11.3. The number of unbranched alkanes of at least 4 members (excludes halogenated alkanes) is 19. The van der Waals surface area contributed by atoms with Gasteiger partial charge in [0.2, 0.25) is 0 Å². The first-order chi connectivity index (χ1) is 29.6. The number of aliphatic hydroxyl groups excluding tert-OH is 4. The van der Waals surface area contributed by atoms with Gasteiger partial charge in [-0.05, 0) is 38.5 Å². The van der Waals surface area contributed by atoms with Crippen molar-refractivity contribution in [3.63, 3.8) is 0 Å². The number of hydrogen-bond acceptors (Lipinski definition) is 14. The van der Waals surface area contributed by atoms with Gasteiger partial charge in [0.25, 0.3) is 0 Å². The Kier molecular flexibility index (Phi) is 29.7. The van der Waals surface area contributed by atoms with Gasteiger partial charge in [0.1, 0.15) is 43.2 Å². The molecule has 19 heteroatoms. The molecule has 1 heterocycles. The van der Waals surface area contributed by atoms with E-state index in [1.54, 1.807) is 0 Å². The number of allylic oxidation sites excluding steroid dienone is 1. The van der Waals surface area contributed by atoms with Crippen LogP contribution in [0.3, 0.4) is 0 Å². The van der Waals surface area contributed by atoms with Gasteiger partial charge in [-0.1, -0.05) is 142 Å². The zero-order valence-corrected chi connectivity index (χ0v) is 39.0. The Morgan fingerprint density at radius 3 is 1.65 bits per heavy atom. The minimum atomic E-state index is -5.36. The molecule has 1 aliphatic heterocycles. The van der Waals surface area contributed by atoms with Crippen LogP contribution in [-0.2, 0) is 46.5 Å². The Bertz CT molecular complexity index is 1330. The molecule has 0 aromatic carbocycles. The van der Waals surface area contributed by atoms with E-state index in [-0.39, 0.29) is 12.8 Å². The van der Waals surface area contributed by atoms with E-state index >= 15 is 0 Å². The molecule has 1 aliphatic carbocycles. The summed E-state index contributed by atoms with van der Waals surface area (Å²) in [5.74, 6) is -1.22. The molecule has 2 aliphatic rings. The van der Waals surface area contributed by atoms with Gasteiger partial charge in [-0.25, -0.2) is 9.13 Å². The molecule has 364 valence electrons. The molecule has 1 saturated carbocycles. The zero-order valence-electron chi connectivity index (χ0n) is 37.3. The predicted octanol–water partition coefficient (Wildman–Crippen LogP) is 7.38. The quantitative estimate of drug-likeness (QED) is 0.0105. The van der Waals surface area contributed by atoms with Gasteiger partial charge in [0, 0.05) is 12.8 Å². The van der Waals surface area contributed by atoms with E-state index in [1.165, 1.54) is 70.6 Å². The number of phosphoric ester groups is 2. The number of phosphoric acid groups is 2. The Morgan fingerprint density at radius 1 is 0.581 bits per heavy atom. The molecule has 0 bridgehead atoms. The molecule has 2 rings (SSSR count). The maximum Gasteiger partial charge on any atom is 0.472 e. The van der Waals surface area contributed by atoms with Crippen LogP contribution in [0.15, 0.2) is 12.2 Å². The number of hydrogen-bond donors (Lipinski definition) is 7. The molecule has 62 heavy (non-hydrogen) atoms. The van der Waals surface area contributed by atoms with Crippen LogP contribution in [0.2, 0.25) is 0 Å². The van der Waals surface area contributed by atoms with Gasteiger partial charge in [-0.15, -0.1) is 0 Å². The monoisotopic (exact) mass is 930 g/mol. The molecule has 17 nitrogen and oxygen atoms in total. The number of carbonyl (C=O) groups is 2. The lowest BCUT2D eigenvalue weighted by atomic mass is 9.85. The van der Waals surface area contributed by atoms with E-state index in [0.29, 0.717) is 25.0 Å². The van der Waals surface area contributed by atoms with Crippen LogP contribution in [0, 0.1) is 0 Å². The highest BCUT2D eigenvalue weighted by molar-refractivity contribution is 7.47. The largest absolute Gasteiger partial charge is 0.472 e. The van der Waals surface area contributed by atoms with Crippen molar-refractivity contribution in [1.82, 2.24) is 0 Å². The third kappa shape index (κ3) is 26.0. The normalized spacial score (nSPS) is 25.4. The first-order valence-corrected chi connectivity index (χ1v) is 26.4. The fourth-order valence-electron chi connectivity index (χ4n) is 7.50. The van der Waals surface area contributed by atoms with E-state index < -0.39 is 83.5 Å². The van der Waals surface area contributed by atoms with E-state index in [9.17, 15) is 44.0 Å². The predicted molar refractivity (Wildman–Crippen MR) is 232 cm³/mol. The number of rotatable bonds is 38. The lowest BCUT2D eigenvalue weighted by Crippen LogP contribution is -2.64. The van der Waals surface area contributed by atoms with Crippen molar-refractivity contribution >= 4 is 27.6 Å². The summed E-state index contributed by atoms with van der Waals surface area (Å²) in [5, 5.41) is 41.2. The molecule has 0 radical (unpaired) electrons. The third-order valence-corrected chi connectivity index (χ3v) is 12.8. The van der Waals surface area contributed by atoms with Crippen LogP contribution in [0.25, 0.3) is 0 Å². The second kappa shape index (κ2) is 32.4. The van der Waals surface area contributed by atoms with Crippen LogP contribution < -0.4 is 0 Å². The van der Waals surface area contributed by atoms with E-state index in [4.69, 9.17) is 33.0 Å². The molecule has 2 fully saturated rings. The molecule has 0 amide bonds. The number of aliphatic hydroxyl groups is 4. The summed E-state index contributed by atoms with van der Waals surface area (Å²) >= 11 is 0. The minimum absolute atomic E-state index is 0.0268. The van der Waals surface area contributed by atoms with Crippen molar-refractivity contribution in [3.05, 3.63) is 12.2 Å². The van der Waals surface area contributed by atoms with Gasteiger partial charge in [0.05, 0.1) is 18.8 Å². The molecular formula is C43H80O17P2. The van der Waals surface area contributed by atoms with Gasteiger partial charge in [-0.2, -0.15) is 0 Å². The smallest absolute Gasteiger partial charge is 0.462 e. The van der Waals surface area contributed by atoms with Crippen molar-refractivity contribution < 1.29 is 81.6 Å². The summed E-state index contributed by atoms with van der Waals surface area (Å²) in [6.45, 7) is 3.06. The number of esters is 2. The summed E-state index contributed by atoms with van der Waals surface area (Å²) in [6, 6.07) is 0. The fraction of sp³-hybridized carbons (Fsp3) is 0.907. The van der Waals surface area contributed by atoms with Crippen LogP contribution in [0.5, 0.6) is 0 Å². The molecule has 0 aromatic rings. The molecular weight excluding hydrogens is 850 g/mol. The maximum atomic E-state index is 13.0. The zero-order chi connectivity index (χ0) is 45.8. The maximum absolute atomic E-state index is 13.0. The lowest BCUT2D eigenvalue weighted by Gasteiger charge is -2.43. The standard InChI is InChI=1S/C43H80O17P2/c1-3-5-7-8-9-10-11-12-13-14-18-21-25-29-36(44)55-31-33(32-56-62(53,54)60-43-40(48)38(46)39(47)42(41(43)49)59-61(50,51)52)57-37(45)30-26-22-19-16-15-17-20-24-28-35-34(58-35)27-23-6-4-2/h20,24,33-35,38-43,46-49H,3-19,21-23,25-32H2,1-2H3,(H,53,54)(H2,50,51,52)/b24-20-/t33-,34?,35?,38?,39?,40?,41?,42-,43+/m1/s1. The summed E-state index contributed by atoms with van der Waals surface area (Å²) in [4.78, 5) is 54.2. The highest BCUT2D eigenvalue weighted by Crippen LogP contribution is 2.49. The molecule has 1 saturated heterocycles. The molecule has 0 spiro atoms. The van der Waals surface area contributed by atoms with Gasteiger partial charge >= 0.3 is 27.6 Å². The minimum Gasteiger partial charge on any atom is -0.462 e. The van der Waals surface area contributed by atoms with Crippen molar-refractivity contribution in [2.45, 2.75) is 236 Å². The Hall–Kier alpha value is -1.30. The topological polar surface area (TPSA) is 269 Å². The second-order valence-electron chi connectivity index (χ2n) is 16.9. The van der Waals surface area contributed by atoms with Crippen molar-refractivity contribution in [2.24, 2.45) is 0 Å². The van der Waals surface area contributed by atoms with Crippen LogP contribution in [0.1, 0.15) is 181 Å². The van der Waals surface area contributed by atoms with Crippen molar-refractivity contribution in [3.8, 4) is 0 Å². The summed E-state index contributed by atoms with van der Waals surface area (Å²) < 4.78 is 55.1. The number of ether oxygens (including phenoxy) is 3. The molecule has 7 N–H and O–H groups in total. The van der Waals surface area contributed by atoms with E-state index in [1.807, 2.05) is 0 Å². The number of carbonyl (C=O) groups excluding carboxylic acids is 2. The molecule has 10 atom stereocenters. The summed E-state index contributed by atoms with van der Waals surface area (Å²) in [5.41, 5.74) is 0. The first-order valence-electron chi connectivity index (χ1n) is 23.4. The first kappa shape index (κ1) is 56.8. The fourth-order valence-corrected chi connectivity index (χ4v) is 9.04. The van der Waals surface area contributed by atoms with E-state index in [2.05, 4.69) is 30.5 Å². The highest BCUT2D eigenvalue weighted by atomic mass is 31.2. The summed E-state index contributed by atoms with van der Waals surface area (Å²) in [6.07, 6.45) is 16.3. The van der Waals surface area contributed by atoms with Crippen LogP contribution in [0.4, 0.5) is 0 Å². The second-order valence-corrected chi connectivity index (χ2v) is 19.5.